The Morgan fingerprint density at radius 1 is 1.09 bits per heavy atom. The topological polar surface area (TPSA) is 78.5 Å². The van der Waals surface area contributed by atoms with Crippen LogP contribution in [-0.4, -0.2) is 15.7 Å². The van der Waals surface area contributed by atoms with Gasteiger partial charge in [-0.1, -0.05) is 30.7 Å². The highest BCUT2D eigenvalue weighted by molar-refractivity contribution is 6.31. The van der Waals surface area contributed by atoms with Crippen LogP contribution in [0, 0.1) is 6.92 Å². The summed E-state index contributed by atoms with van der Waals surface area (Å²) in [6.07, 6.45) is 4.22. The number of aryl methyl sites for hydroxylation is 2. The first-order valence-corrected chi connectivity index (χ1v) is 10.9. The summed E-state index contributed by atoms with van der Waals surface area (Å²) in [5.41, 5.74) is 2.71. The molecule has 0 atom stereocenters. The number of carbonyl (C=O) groups is 1. The Bertz CT molecular complexity index is 1230. The van der Waals surface area contributed by atoms with Crippen molar-refractivity contribution in [1.82, 2.24) is 9.78 Å². The highest BCUT2D eigenvalue weighted by Gasteiger charge is 2.13. The first-order chi connectivity index (χ1) is 16.0. The first kappa shape index (κ1) is 22.5. The van der Waals surface area contributed by atoms with Gasteiger partial charge in [-0.2, -0.15) is 5.10 Å². The number of furan rings is 1. The van der Waals surface area contributed by atoms with Gasteiger partial charge in [0.1, 0.15) is 23.9 Å². The van der Waals surface area contributed by atoms with Gasteiger partial charge >= 0.3 is 0 Å². The lowest BCUT2D eigenvalue weighted by Crippen LogP contribution is -2.10. The average molecular weight is 466 g/mol. The Morgan fingerprint density at radius 3 is 2.64 bits per heavy atom. The number of rotatable bonds is 9. The van der Waals surface area contributed by atoms with Crippen LogP contribution in [0.15, 0.2) is 71.4 Å². The van der Waals surface area contributed by atoms with Gasteiger partial charge < -0.3 is 19.2 Å². The number of amides is 1. The number of hydrogen-bond donors (Lipinski definition) is 1. The minimum absolute atomic E-state index is 0.181. The van der Waals surface area contributed by atoms with Gasteiger partial charge in [-0.25, -0.2) is 4.68 Å². The number of anilines is 1. The highest BCUT2D eigenvalue weighted by atomic mass is 35.5. The molecule has 4 aromatic rings. The van der Waals surface area contributed by atoms with Crippen LogP contribution in [-0.2, 0) is 19.8 Å². The van der Waals surface area contributed by atoms with E-state index < -0.39 is 0 Å². The molecule has 7 nitrogen and oxygen atoms in total. The lowest BCUT2D eigenvalue weighted by Gasteiger charge is -2.06. The lowest BCUT2D eigenvalue weighted by molar-refractivity contribution is 0.0992. The van der Waals surface area contributed by atoms with Crippen molar-refractivity contribution in [3.05, 3.63) is 94.7 Å². The number of nitrogens with one attached hydrogen (secondary N) is 1. The molecule has 0 saturated carbocycles. The minimum atomic E-state index is -0.376. The molecule has 4 rings (SSSR count). The summed E-state index contributed by atoms with van der Waals surface area (Å²) in [4.78, 5) is 12.5. The van der Waals surface area contributed by atoms with Crippen molar-refractivity contribution in [1.29, 1.82) is 0 Å². The molecule has 0 saturated heterocycles. The van der Waals surface area contributed by atoms with E-state index in [2.05, 4.69) is 17.3 Å². The van der Waals surface area contributed by atoms with E-state index in [4.69, 9.17) is 25.5 Å². The molecule has 0 fully saturated rings. The standard InChI is InChI=1S/C25H24ClN3O4/c1-3-18-4-6-20(7-5-18)32-16-29-14-19(13-27-29)28-25(30)24-11-9-22(33-24)15-31-21-8-10-23(26)17(2)12-21/h4-14H,3,15-16H2,1-2H3,(H,28,30). The summed E-state index contributed by atoms with van der Waals surface area (Å²) in [7, 11) is 0. The third-order valence-electron chi connectivity index (χ3n) is 4.98. The van der Waals surface area contributed by atoms with Gasteiger partial charge in [0, 0.05) is 5.02 Å². The average Bonchev–Trinajstić information content (AvgIpc) is 3.48. The number of hydrogen-bond acceptors (Lipinski definition) is 5. The molecule has 170 valence electrons. The molecule has 0 aliphatic carbocycles. The van der Waals surface area contributed by atoms with E-state index >= 15 is 0 Å². The van der Waals surface area contributed by atoms with Crippen molar-refractivity contribution in [2.75, 3.05) is 5.32 Å². The molecule has 2 aromatic carbocycles. The Hall–Kier alpha value is -3.71. The number of ether oxygens (including phenoxy) is 2. The molecule has 8 heteroatoms. The van der Waals surface area contributed by atoms with Crippen LogP contribution >= 0.6 is 11.6 Å². The van der Waals surface area contributed by atoms with Crippen LogP contribution in [0.3, 0.4) is 0 Å². The van der Waals surface area contributed by atoms with Gasteiger partial charge in [0.05, 0.1) is 18.1 Å². The SMILES string of the molecule is CCc1ccc(OCn2cc(NC(=O)c3ccc(COc4ccc(Cl)c(C)c4)o3)cn2)cc1. The molecule has 0 radical (unpaired) electrons. The number of nitrogens with zero attached hydrogens (tertiary/aromatic N) is 2. The molecular formula is C25H24ClN3O4. The van der Waals surface area contributed by atoms with Crippen molar-refractivity contribution in [3.63, 3.8) is 0 Å². The van der Waals surface area contributed by atoms with Crippen LogP contribution < -0.4 is 14.8 Å². The second kappa shape index (κ2) is 10.3. The van der Waals surface area contributed by atoms with Crippen LogP contribution in [0.1, 0.15) is 34.4 Å². The fourth-order valence-electron chi connectivity index (χ4n) is 3.09. The number of aromatic nitrogens is 2. The number of benzene rings is 2. The summed E-state index contributed by atoms with van der Waals surface area (Å²) in [5.74, 6) is 1.77. The van der Waals surface area contributed by atoms with Crippen LogP contribution in [0.25, 0.3) is 0 Å². The first-order valence-electron chi connectivity index (χ1n) is 10.5. The van der Waals surface area contributed by atoms with Crippen molar-refractivity contribution in [3.8, 4) is 11.5 Å². The number of halogens is 1. The third-order valence-corrected chi connectivity index (χ3v) is 5.41. The Labute approximate surface area is 196 Å². The zero-order chi connectivity index (χ0) is 23.2. The Balaban J connectivity index is 1.28. The molecule has 1 N–H and O–H groups in total. The fourth-order valence-corrected chi connectivity index (χ4v) is 3.21. The Morgan fingerprint density at radius 2 is 1.88 bits per heavy atom. The van der Waals surface area contributed by atoms with Gasteiger partial charge in [0.2, 0.25) is 0 Å². The molecule has 0 bridgehead atoms. The second-order valence-corrected chi connectivity index (χ2v) is 7.87. The number of carbonyl (C=O) groups excluding carboxylic acids is 1. The Kier molecular flexibility index (Phi) is 7.00. The zero-order valence-electron chi connectivity index (χ0n) is 18.4. The van der Waals surface area contributed by atoms with Crippen LogP contribution in [0.4, 0.5) is 5.69 Å². The summed E-state index contributed by atoms with van der Waals surface area (Å²) < 4.78 is 18.6. The van der Waals surface area contributed by atoms with Crippen molar-refractivity contribution < 1.29 is 18.7 Å². The van der Waals surface area contributed by atoms with Gasteiger partial charge in [-0.3, -0.25) is 4.79 Å². The molecule has 0 aliphatic rings. The summed E-state index contributed by atoms with van der Waals surface area (Å²) in [6, 6.07) is 16.6. The maximum atomic E-state index is 12.5. The van der Waals surface area contributed by atoms with Crippen molar-refractivity contribution in [2.24, 2.45) is 0 Å². The molecule has 0 aliphatic heterocycles. The van der Waals surface area contributed by atoms with E-state index in [1.807, 2.05) is 37.3 Å². The lowest BCUT2D eigenvalue weighted by atomic mass is 10.2. The van der Waals surface area contributed by atoms with Crippen LogP contribution in [0.2, 0.25) is 5.02 Å². The highest BCUT2D eigenvalue weighted by Crippen LogP contribution is 2.22. The molecule has 0 spiro atoms. The van der Waals surface area contributed by atoms with E-state index in [9.17, 15) is 4.79 Å². The maximum absolute atomic E-state index is 12.5. The van der Waals surface area contributed by atoms with E-state index in [1.54, 1.807) is 41.3 Å². The predicted octanol–water partition coefficient (Wildman–Crippen LogP) is 5.87. The minimum Gasteiger partial charge on any atom is -0.486 e. The quantitative estimate of drug-likeness (QED) is 0.334. The zero-order valence-corrected chi connectivity index (χ0v) is 19.1. The summed E-state index contributed by atoms with van der Waals surface area (Å²) >= 11 is 6.03. The summed E-state index contributed by atoms with van der Waals surface area (Å²) in [6.45, 7) is 4.44. The largest absolute Gasteiger partial charge is 0.486 e. The van der Waals surface area contributed by atoms with Gasteiger partial charge in [0.15, 0.2) is 12.5 Å². The smallest absolute Gasteiger partial charge is 0.291 e. The fraction of sp³-hybridized carbons (Fsp3) is 0.200. The third kappa shape index (κ3) is 5.96. The van der Waals surface area contributed by atoms with E-state index in [1.165, 1.54) is 5.56 Å². The van der Waals surface area contributed by atoms with Gasteiger partial charge in [-0.05, 0) is 66.9 Å². The molecule has 0 unspecified atom stereocenters. The molecule has 2 heterocycles. The monoisotopic (exact) mass is 465 g/mol. The normalized spacial score (nSPS) is 10.8. The molecule has 1 amide bonds. The van der Waals surface area contributed by atoms with Crippen LogP contribution in [0.5, 0.6) is 11.5 Å². The van der Waals surface area contributed by atoms with Gasteiger partial charge in [0.25, 0.3) is 5.91 Å². The van der Waals surface area contributed by atoms with Gasteiger partial charge in [-0.15, -0.1) is 0 Å². The van der Waals surface area contributed by atoms with Crippen molar-refractivity contribution >= 4 is 23.2 Å². The molecule has 33 heavy (non-hydrogen) atoms. The second-order valence-electron chi connectivity index (χ2n) is 7.46. The predicted molar refractivity (Wildman–Crippen MR) is 126 cm³/mol. The maximum Gasteiger partial charge on any atom is 0.291 e. The summed E-state index contributed by atoms with van der Waals surface area (Å²) in [5, 5.41) is 7.66. The molecular weight excluding hydrogens is 442 g/mol. The van der Waals surface area contributed by atoms with Crippen molar-refractivity contribution in [2.45, 2.75) is 33.6 Å². The van der Waals surface area contributed by atoms with E-state index in [0.717, 1.165) is 17.7 Å². The van der Waals surface area contributed by atoms with E-state index in [-0.39, 0.29) is 25.0 Å². The van der Waals surface area contributed by atoms with E-state index in [0.29, 0.717) is 22.2 Å². The molecule has 2 aromatic heterocycles.